The molecule has 150 valence electrons. The Labute approximate surface area is 168 Å². The Hall–Kier alpha value is -2.33. The molecule has 1 amide bonds. The van der Waals surface area contributed by atoms with E-state index in [1.54, 1.807) is 0 Å². The summed E-state index contributed by atoms with van der Waals surface area (Å²) >= 11 is 0. The quantitative estimate of drug-likeness (QED) is 0.727. The van der Waals surface area contributed by atoms with E-state index in [1.165, 1.54) is 37.1 Å². The van der Waals surface area contributed by atoms with Crippen molar-refractivity contribution in [2.24, 2.45) is 5.92 Å². The third-order valence-electron chi connectivity index (χ3n) is 5.56. The van der Waals surface area contributed by atoms with Crippen molar-refractivity contribution in [1.82, 2.24) is 10.2 Å². The van der Waals surface area contributed by atoms with Crippen LogP contribution >= 0.6 is 0 Å². The molecule has 2 aromatic rings. The van der Waals surface area contributed by atoms with Gasteiger partial charge in [0.1, 0.15) is 12.4 Å². The number of hydrogen-bond acceptors (Lipinski definition) is 3. The van der Waals surface area contributed by atoms with Crippen LogP contribution in [0.1, 0.15) is 46.8 Å². The van der Waals surface area contributed by atoms with Gasteiger partial charge in [-0.1, -0.05) is 31.2 Å². The van der Waals surface area contributed by atoms with Crippen LogP contribution in [-0.4, -0.2) is 37.0 Å². The lowest BCUT2D eigenvalue weighted by Crippen LogP contribution is -2.33. The highest BCUT2D eigenvalue weighted by Crippen LogP contribution is 2.20. The molecular weight excluding hydrogens is 348 g/mol. The highest BCUT2D eigenvalue weighted by atomic mass is 16.5. The summed E-state index contributed by atoms with van der Waals surface area (Å²) in [5.41, 5.74) is 4.32. The van der Waals surface area contributed by atoms with Gasteiger partial charge in [0.15, 0.2) is 0 Å². The van der Waals surface area contributed by atoms with E-state index in [9.17, 15) is 4.79 Å². The molecule has 0 spiro atoms. The van der Waals surface area contributed by atoms with Crippen LogP contribution in [0.2, 0.25) is 0 Å². The Morgan fingerprint density at radius 3 is 2.71 bits per heavy atom. The number of likely N-dealkylation sites (tertiary alicyclic amines) is 1. The molecule has 2 aromatic carbocycles. The molecule has 0 saturated carbocycles. The summed E-state index contributed by atoms with van der Waals surface area (Å²) in [6.45, 7) is 10.7. The lowest BCUT2D eigenvalue weighted by molar-refractivity contribution is 0.0947. The zero-order valence-electron chi connectivity index (χ0n) is 17.3. The summed E-state index contributed by atoms with van der Waals surface area (Å²) in [6, 6.07) is 14.0. The number of ether oxygens (including phenoxy) is 1. The monoisotopic (exact) mass is 380 g/mol. The number of nitrogens with zero attached hydrogens (tertiary/aromatic N) is 1. The van der Waals surface area contributed by atoms with E-state index in [4.69, 9.17) is 4.74 Å². The second-order valence-electron chi connectivity index (χ2n) is 7.98. The number of carbonyl (C=O) groups is 1. The number of piperidine rings is 1. The van der Waals surface area contributed by atoms with Gasteiger partial charge in [-0.15, -0.1) is 0 Å². The van der Waals surface area contributed by atoms with Crippen LogP contribution in [0.4, 0.5) is 0 Å². The second-order valence-corrected chi connectivity index (χ2v) is 7.98. The molecule has 1 aliphatic heterocycles. The number of hydrogen-bond donors (Lipinski definition) is 1. The van der Waals surface area contributed by atoms with Crippen LogP contribution in [0.5, 0.6) is 5.75 Å². The Balaban J connectivity index is 1.43. The standard InChI is InChI=1S/C24H32N2O2/c1-18-6-5-14-26(16-18)17-21-9-11-22(12-10-21)24(27)25-13-15-28-23-8-4-7-19(2)20(23)3/h4,7-12,18H,5-6,13-17H2,1-3H3,(H,25,27)/t18-/m0/s1. The summed E-state index contributed by atoms with van der Waals surface area (Å²) in [5.74, 6) is 1.61. The van der Waals surface area contributed by atoms with E-state index >= 15 is 0 Å². The van der Waals surface area contributed by atoms with Crippen LogP contribution in [0.25, 0.3) is 0 Å². The van der Waals surface area contributed by atoms with E-state index < -0.39 is 0 Å². The predicted octanol–water partition coefficient (Wildman–Crippen LogP) is 4.34. The molecule has 0 unspecified atom stereocenters. The van der Waals surface area contributed by atoms with Crippen molar-refractivity contribution in [3.63, 3.8) is 0 Å². The molecule has 1 fully saturated rings. The van der Waals surface area contributed by atoms with Gasteiger partial charge in [-0.05, 0) is 74.0 Å². The molecule has 3 rings (SSSR count). The van der Waals surface area contributed by atoms with Crippen molar-refractivity contribution in [2.75, 3.05) is 26.2 Å². The van der Waals surface area contributed by atoms with Gasteiger partial charge in [-0.2, -0.15) is 0 Å². The van der Waals surface area contributed by atoms with Crippen molar-refractivity contribution in [3.05, 3.63) is 64.7 Å². The second kappa shape index (κ2) is 9.74. The summed E-state index contributed by atoms with van der Waals surface area (Å²) in [5, 5.41) is 2.94. The summed E-state index contributed by atoms with van der Waals surface area (Å²) in [4.78, 5) is 14.9. The fraction of sp³-hybridized carbons (Fsp3) is 0.458. The molecule has 1 heterocycles. The Bertz CT molecular complexity index is 786. The first-order valence-electron chi connectivity index (χ1n) is 10.3. The van der Waals surface area contributed by atoms with E-state index in [0.717, 1.165) is 23.8 Å². The number of benzene rings is 2. The lowest BCUT2D eigenvalue weighted by atomic mass is 9.99. The molecule has 1 N–H and O–H groups in total. The van der Waals surface area contributed by atoms with Crippen LogP contribution in [0, 0.1) is 19.8 Å². The number of carbonyl (C=O) groups excluding carboxylic acids is 1. The van der Waals surface area contributed by atoms with Gasteiger partial charge in [-0.3, -0.25) is 9.69 Å². The van der Waals surface area contributed by atoms with Crippen molar-refractivity contribution in [2.45, 2.75) is 40.2 Å². The smallest absolute Gasteiger partial charge is 0.251 e. The first-order chi connectivity index (χ1) is 13.5. The Morgan fingerprint density at radius 2 is 1.96 bits per heavy atom. The van der Waals surface area contributed by atoms with Crippen molar-refractivity contribution < 1.29 is 9.53 Å². The zero-order chi connectivity index (χ0) is 19.9. The number of nitrogens with one attached hydrogen (secondary N) is 1. The molecular formula is C24H32N2O2. The van der Waals surface area contributed by atoms with Crippen LogP contribution in [-0.2, 0) is 6.54 Å². The number of amides is 1. The molecule has 1 atom stereocenters. The highest BCUT2D eigenvalue weighted by Gasteiger charge is 2.16. The van der Waals surface area contributed by atoms with Crippen molar-refractivity contribution in [3.8, 4) is 5.75 Å². The normalized spacial score (nSPS) is 17.3. The fourth-order valence-corrected chi connectivity index (χ4v) is 3.76. The molecule has 0 bridgehead atoms. The van der Waals surface area contributed by atoms with E-state index in [0.29, 0.717) is 18.7 Å². The maximum absolute atomic E-state index is 12.3. The summed E-state index contributed by atoms with van der Waals surface area (Å²) < 4.78 is 5.80. The van der Waals surface area contributed by atoms with Gasteiger partial charge in [0.05, 0.1) is 6.54 Å². The van der Waals surface area contributed by atoms with Gasteiger partial charge in [0.2, 0.25) is 0 Å². The van der Waals surface area contributed by atoms with E-state index in [1.807, 2.05) is 24.3 Å². The lowest BCUT2D eigenvalue weighted by Gasteiger charge is -2.30. The largest absolute Gasteiger partial charge is 0.491 e. The predicted molar refractivity (Wildman–Crippen MR) is 114 cm³/mol. The molecule has 4 nitrogen and oxygen atoms in total. The molecule has 1 aliphatic rings. The van der Waals surface area contributed by atoms with Gasteiger partial charge in [0.25, 0.3) is 5.91 Å². The van der Waals surface area contributed by atoms with Crippen LogP contribution in [0.15, 0.2) is 42.5 Å². The molecule has 0 aliphatic carbocycles. The van der Waals surface area contributed by atoms with Crippen LogP contribution in [0.3, 0.4) is 0 Å². The van der Waals surface area contributed by atoms with Crippen molar-refractivity contribution in [1.29, 1.82) is 0 Å². The highest BCUT2D eigenvalue weighted by molar-refractivity contribution is 5.94. The Kier molecular flexibility index (Phi) is 7.10. The minimum Gasteiger partial charge on any atom is -0.491 e. The third kappa shape index (κ3) is 5.59. The van der Waals surface area contributed by atoms with E-state index in [2.05, 4.69) is 49.2 Å². The summed E-state index contributed by atoms with van der Waals surface area (Å²) in [7, 11) is 0. The van der Waals surface area contributed by atoms with Gasteiger partial charge in [-0.25, -0.2) is 0 Å². The van der Waals surface area contributed by atoms with Crippen LogP contribution < -0.4 is 10.1 Å². The number of aryl methyl sites for hydroxylation is 1. The maximum atomic E-state index is 12.3. The minimum atomic E-state index is -0.0530. The third-order valence-corrected chi connectivity index (χ3v) is 5.56. The fourth-order valence-electron chi connectivity index (χ4n) is 3.76. The van der Waals surface area contributed by atoms with Gasteiger partial charge >= 0.3 is 0 Å². The Morgan fingerprint density at radius 1 is 1.18 bits per heavy atom. The van der Waals surface area contributed by atoms with E-state index in [-0.39, 0.29) is 5.91 Å². The maximum Gasteiger partial charge on any atom is 0.251 e. The average Bonchev–Trinajstić information content (AvgIpc) is 2.69. The van der Waals surface area contributed by atoms with Gasteiger partial charge < -0.3 is 10.1 Å². The average molecular weight is 381 g/mol. The minimum absolute atomic E-state index is 0.0530. The first-order valence-corrected chi connectivity index (χ1v) is 10.3. The summed E-state index contributed by atoms with van der Waals surface area (Å²) in [6.07, 6.45) is 2.62. The first kappa shape index (κ1) is 20.4. The topological polar surface area (TPSA) is 41.6 Å². The molecule has 28 heavy (non-hydrogen) atoms. The van der Waals surface area contributed by atoms with Gasteiger partial charge in [0, 0.05) is 18.7 Å². The molecule has 0 radical (unpaired) electrons. The zero-order valence-corrected chi connectivity index (χ0v) is 17.3. The van der Waals surface area contributed by atoms with Crippen molar-refractivity contribution >= 4 is 5.91 Å². The number of rotatable bonds is 7. The molecule has 1 saturated heterocycles. The molecule has 0 aromatic heterocycles. The molecule has 4 heteroatoms. The SMILES string of the molecule is Cc1cccc(OCCNC(=O)c2ccc(CN3CCC[C@H](C)C3)cc2)c1C.